The zero-order chi connectivity index (χ0) is 14.1. The van der Waals surface area contributed by atoms with E-state index in [1.807, 2.05) is 48.5 Å². The lowest BCUT2D eigenvalue weighted by Gasteiger charge is -2.17. The summed E-state index contributed by atoms with van der Waals surface area (Å²) in [5.41, 5.74) is 2.48. The summed E-state index contributed by atoms with van der Waals surface area (Å²) in [5, 5.41) is 0. The largest absolute Gasteiger partial charge is 0.468 e. The standard InChI is InChI=1S/C17H14O3/c1-20-17(19)15-14(11-7-3-2-4-8-11)12-9-5-6-10-13(12)16(15)18/h2-10,14-15H,1H3. The van der Waals surface area contributed by atoms with Gasteiger partial charge in [-0.1, -0.05) is 54.6 Å². The number of fused-ring (bicyclic) bond motifs is 1. The van der Waals surface area contributed by atoms with Crippen molar-refractivity contribution in [1.82, 2.24) is 0 Å². The molecule has 3 heteroatoms. The van der Waals surface area contributed by atoms with Crippen LogP contribution < -0.4 is 0 Å². The normalized spacial score (nSPS) is 20.6. The summed E-state index contributed by atoms with van der Waals surface area (Å²) in [6, 6.07) is 17.0. The summed E-state index contributed by atoms with van der Waals surface area (Å²) in [6.45, 7) is 0. The quantitative estimate of drug-likeness (QED) is 0.620. The van der Waals surface area contributed by atoms with Crippen LogP contribution in [0.25, 0.3) is 0 Å². The van der Waals surface area contributed by atoms with Gasteiger partial charge in [-0.15, -0.1) is 0 Å². The third kappa shape index (κ3) is 1.83. The second-order valence-corrected chi connectivity index (χ2v) is 4.84. The predicted octanol–water partition coefficient (Wildman–Crippen LogP) is 2.80. The van der Waals surface area contributed by atoms with E-state index in [1.165, 1.54) is 7.11 Å². The van der Waals surface area contributed by atoms with Gasteiger partial charge in [0.15, 0.2) is 5.78 Å². The topological polar surface area (TPSA) is 43.4 Å². The molecule has 0 fully saturated rings. The lowest BCUT2D eigenvalue weighted by Crippen LogP contribution is -2.26. The third-order valence-electron chi connectivity index (χ3n) is 3.79. The molecule has 0 aliphatic heterocycles. The smallest absolute Gasteiger partial charge is 0.317 e. The lowest BCUT2D eigenvalue weighted by molar-refractivity contribution is -0.143. The van der Waals surface area contributed by atoms with E-state index in [0.717, 1.165) is 11.1 Å². The van der Waals surface area contributed by atoms with Crippen LogP contribution in [0.15, 0.2) is 54.6 Å². The highest BCUT2D eigenvalue weighted by Gasteiger charge is 2.45. The number of methoxy groups -OCH3 is 1. The van der Waals surface area contributed by atoms with Gasteiger partial charge in [0.1, 0.15) is 5.92 Å². The molecule has 0 radical (unpaired) electrons. The number of benzene rings is 2. The van der Waals surface area contributed by atoms with E-state index in [2.05, 4.69) is 0 Å². The van der Waals surface area contributed by atoms with Crippen LogP contribution >= 0.6 is 0 Å². The molecule has 3 nitrogen and oxygen atoms in total. The summed E-state index contributed by atoms with van der Waals surface area (Å²) in [7, 11) is 1.32. The molecule has 2 aromatic rings. The van der Waals surface area contributed by atoms with Gasteiger partial charge in [0, 0.05) is 11.5 Å². The van der Waals surface area contributed by atoms with Gasteiger partial charge in [-0.3, -0.25) is 9.59 Å². The zero-order valence-corrected chi connectivity index (χ0v) is 11.1. The summed E-state index contributed by atoms with van der Waals surface area (Å²) >= 11 is 0. The fourth-order valence-corrected chi connectivity index (χ4v) is 2.89. The summed E-state index contributed by atoms with van der Waals surface area (Å²) in [6.07, 6.45) is 0. The van der Waals surface area contributed by atoms with Gasteiger partial charge in [0.25, 0.3) is 0 Å². The molecule has 100 valence electrons. The predicted molar refractivity (Wildman–Crippen MR) is 74.6 cm³/mol. The Morgan fingerprint density at radius 3 is 2.35 bits per heavy atom. The minimum atomic E-state index is -0.778. The molecule has 0 heterocycles. The highest BCUT2D eigenvalue weighted by atomic mass is 16.5. The molecule has 0 aromatic heterocycles. The second kappa shape index (κ2) is 4.93. The first-order valence-electron chi connectivity index (χ1n) is 6.50. The number of ether oxygens (including phenoxy) is 1. The van der Waals surface area contributed by atoms with E-state index < -0.39 is 11.9 Å². The van der Waals surface area contributed by atoms with Crippen molar-refractivity contribution in [2.45, 2.75) is 5.92 Å². The first-order chi connectivity index (χ1) is 9.74. The Morgan fingerprint density at radius 1 is 1.00 bits per heavy atom. The molecule has 0 saturated heterocycles. The monoisotopic (exact) mass is 266 g/mol. The van der Waals surface area contributed by atoms with Crippen LogP contribution in [0.4, 0.5) is 0 Å². The molecule has 2 aromatic carbocycles. The summed E-state index contributed by atoms with van der Waals surface area (Å²) < 4.78 is 4.83. The molecular weight excluding hydrogens is 252 g/mol. The van der Waals surface area contributed by atoms with Gasteiger partial charge in [0.05, 0.1) is 7.11 Å². The van der Waals surface area contributed by atoms with Gasteiger partial charge in [-0.05, 0) is 11.1 Å². The average Bonchev–Trinajstić information content (AvgIpc) is 2.81. The second-order valence-electron chi connectivity index (χ2n) is 4.84. The van der Waals surface area contributed by atoms with Crippen molar-refractivity contribution in [3.63, 3.8) is 0 Å². The van der Waals surface area contributed by atoms with Crippen molar-refractivity contribution in [3.05, 3.63) is 71.3 Å². The van der Waals surface area contributed by atoms with Crippen LogP contribution in [0.5, 0.6) is 0 Å². The maximum Gasteiger partial charge on any atom is 0.317 e. The highest BCUT2D eigenvalue weighted by molar-refractivity contribution is 6.13. The van der Waals surface area contributed by atoms with E-state index in [0.29, 0.717) is 5.56 Å². The Kier molecular flexibility index (Phi) is 3.11. The highest BCUT2D eigenvalue weighted by Crippen LogP contribution is 2.42. The fraction of sp³-hybridized carbons (Fsp3) is 0.176. The van der Waals surface area contributed by atoms with Crippen molar-refractivity contribution < 1.29 is 14.3 Å². The number of hydrogen-bond donors (Lipinski definition) is 0. The van der Waals surface area contributed by atoms with Crippen molar-refractivity contribution in [2.75, 3.05) is 7.11 Å². The zero-order valence-electron chi connectivity index (χ0n) is 11.1. The number of rotatable bonds is 2. The molecule has 20 heavy (non-hydrogen) atoms. The van der Waals surface area contributed by atoms with Crippen molar-refractivity contribution in [2.24, 2.45) is 5.92 Å². The van der Waals surface area contributed by atoms with Crippen LogP contribution in [0.2, 0.25) is 0 Å². The Labute approximate surface area is 117 Å². The summed E-state index contributed by atoms with van der Waals surface area (Å²) in [5.74, 6) is -1.66. The molecule has 2 unspecified atom stereocenters. The summed E-state index contributed by atoms with van der Waals surface area (Å²) in [4.78, 5) is 24.5. The van der Waals surface area contributed by atoms with E-state index in [1.54, 1.807) is 6.07 Å². The number of Topliss-reactive ketones (excluding diaryl/α,β-unsaturated/α-hetero) is 1. The number of esters is 1. The minimum Gasteiger partial charge on any atom is -0.468 e. The first kappa shape index (κ1) is 12.6. The lowest BCUT2D eigenvalue weighted by atomic mass is 9.85. The van der Waals surface area contributed by atoms with Gasteiger partial charge in [0.2, 0.25) is 0 Å². The van der Waals surface area contributed by atoms with Gasteiger partial charge in [-0.2, -0.15) is 0 Å². The molecule has 0 bridgehead atoms. The molecule has 1 aliphatic rings. The molecule has 3 rings (SSSR count). The molecule has 0 saturated carbocycles. The van der Waals surface area contributed by atoms with Gasteiger partial charge in [-0.25, -0.2) is 0 Å². The number of carbonyl (C=O) groups excluding carboxylic acids is 2. The van der Waals surface area contributed by atoms with Gasteiger partial charge >= 0.3 is 5.97 Å². The Bertz CT molecular complexity index is 661. The van der Waals surface area contributed by atoms with Gasteiger partial charge < -0.3 is 4.74 Å². The third-order valence-corrected chi connectivity index (χ3v) is 3.79. The van der Waals surface area contributed by atoms with Crippen LogP contribution in [-0.2, 0) is 9.53 Å². The van der Waals surface area contributed by atoms with E-state index in [9.17, 15) is 9.59 Å². The van der Waals surface area contributed by atoms with Crippen LogP contribution in [0.1, 0.15) is 27.4 Å². The molecular formula is C17H14O3. The number of hydrogen-bond acceptors (Lipinski definition) is 3. The molecule has 1 aliphatic carbocycles. The van der Waals surface area contributed by atoms with E-state index >= 15 is 0 Å². The maximum atomic E-state index is 12.5. The molecule has 0 amide bonds. The number of ketones is 1. The minimum absolute atomic E-state index is 0.152. The van der Waals surface area contributed by atoms with Crippen LogP contribution in [-0.4, -0.2) is 18.9 Å². The molecule has 0 N–H and O–H groups in total. The van der Waals surface area contributed by atoms with Crippen molar-refractivity contribution in [3.8, 4) is 0 Å². The number of carbonyl (C=O) groups is 2. The maximum absolute atomic E-state index is 12.5. The van der Waals surface area contributed by atoms with E-state index in [-0.39, 0.29) is 11.7 Å². The van der Waals surface area contributed by atoms with E-state index in [4.69, 9.17) is 4.74 Å². The Balaban J connectivity index is 2.17. The Hall–Kier alpha value is -2.42. The van der Waals surface area contributed by atoms with Crippen LogP contribution in [0.3, 0.4) is 0 Å². The van der Waals surface area contributed by atoms with Crippen LogP contribution in [0, 0.1) is 5.92 Å². The fourth-order valence-electron chi connectivity index (χ4n) is 2.89. The van der Waals surface area contributed by atoms with Crippen molar-refractivity contribution >= 4 is 11.8 Å². The molecule has 0 spiro atoms. The SMILES string of the molecule is COC(=O)C1C(=O)c2ccccc2C1c1ccccc1. The molecule has 2 atom stereocenters. The Morgan fingerprint density at radius 2 is 1.65 bits per heavy atom. The van der Waals surface area contributed by atoms with Crippen molar-refractivity contribution in [1.29, 1.82) is 0 Å². The first-order valence-corrected chi connectivity index (χ1v) is 6.50. The average molecular weight is 266 g/mol.